The number of H-pyrrole nitrogens is 1. The Balaban J connectivity index is 1.77. The molecule has 1 amide bonds. The number of rotatable bonds is 8. The summed E-state index contributed by atoms with van der Waals surface area (Å²) in [5.41, 5.74) is 0. The fourth-order valence-electron chi connectivity index (χ4n) is 2.03. The normalized spacial score (nSPS) is 11.5. The number of aromatic nitrogens is 3. The third-order valence-electron chi connectivity index (χ3n) is 3.49. The summed E-state index contributed by atoms with van der Waals surface area (Å²) in [6.07, 6.45) is 0.345. The van der Waals surface area contributed by atoms with E-state index in [1.54, 1.807) is 11.6 Å². The van der Waals surface area contributed by atoms with E-state index in [-0.39, 0.29) is 18.9 Å². The fraction of sp³-hybridized carbons (Fsp3) is 0.357. The lowest BCUT2D eigenvalue weighted by Crippen LogP contribution is -2.32. The molecule has 2 aromatic rings. The van der Waals surface area contributed by atoms with Crippen LogP contribution in [0.15, 0.2) is 23.1 Å². The molecule has 0 saturated heterocycles. The van der Waals surface area contributed by atoms with Gasteiger partial charge in [0, 0.05) is 33.0 Å². The number of nitrogens with zero attached hydrogens (tertiary/aromatic N) is 2. The summed E-state index contributed by atoms with van der Waals surface area (Å²) in [7, 11) is -2.28. The zero-order chi connectivity index (χ0) is 19.3. The van der Waals surface area contributed by atoms with E-state index in [0.29, 0.717) is 29.6 Å². The van der Waals surface area contributed by atoms with Crippen LogP contribution in [0, 0.1) is 16.4 Å². The molecule has 1 aromatic heterocycles. The van der Waals surface area contributed by atoms with E-state index in [1.807, 2.05) is 0 Å². The Bertz CT molecular complexity index is 956. The van der Waals surface area contributed by atoms with Crippen molar-refractivity contribution in [2.24, 2.45) is 7.05 Å². The smallest absolute Gasteiger partial charge is 0.240 e. The number of benzene rings is 1. The zero-order valence-electron chi connectivity index (χ0n) is 13.8. The van der Waals surface area contributed by atoms with Gasteiger partial charge in [0.05, 0.1) is 4.90 Å². The molecule has 0 aliphatic rings. The topological polar surface area (TPSA) is 109 Å². The molecule has 0 spiro atoms. The van der Waals surface area contributed by atoms with Gasteiger partial charge in [-0.3, -0.25) is 9.89 Å². The van der Waals surface area contributed by atoms with Gasteiger partial charge >= 0.3 is 0 Å². The Labute approximate surface area is 153 Å². The van der Waals surface area contributed by atoms with Crippen molar-refractivity contribution < 1.29 is 22.0 Å². The molecule has 12 heteroatoms. The van der Waals surface area contributed by atoms with Gasteiger partial charge in [0.2, 0.25) is 15.9 Å². The van der Waals surface area contributed by atoms with E-state index >= 15 is 0 Å². The summed E-state index contributed by atoms with van der Waals surface area (Å²) in [6.45, 7) is 0.127. The number of aromatic amines is 1. The molecular weight excluding hydrogens is 388 g/mol. The lowest BCUT2D eigenvalue weighted by molar-refractivity contribution is -0.120. The van der Waals surface area contributed by atoms with Crippen LogP contribution in [0.5, 0.6) is 0 Å². The molecule has 8 nitrogen and oxygen atoms in total. The molecule has 0 radical (unpaired) electrons. The third-order valence-corrected chi connectivity index (χ3v) is 5.31. The predicted molar refractivity (Wildman–Crippen MR) is 91.3 cm³/mol. The van der Waals surface area contributed by atoms with Crippen molar-refractivity contribution in [2.45, 2.75) is 17.7 Å². The number of hydrogen-bond donors (Lipinski definition) is 3. The molecule has 0 saturated carbocycles. The van der Waals surface area contributed by atoms with Gasteiger partial charge in [-0.05, 0) is 30.4 Å². The van der Waals surface area contributed by atoms with Gasteiger partial charge in [-0.25, -0.2) is 21.9 Å². The summed E-state index contributed by atoms with van der Waals surface area (Å²) in [5.74, 6) is -2.10. The van der Waals surface area contributed by atoms with E-state index < -0.39 is 26.6 Å². The molecule has 0 atom stereocenters. The Hall–Kier alpha value is -2.18. The molecule has 3 N–H and O–H groups in total. The first kappa shape index (κ1) is 20.1. The van der Waals surface area contributed by atoms with Crippen molar-refractivity contribution in [3.63, 3.8) is 0 Å². The van der Waals surface area contributed by atoms with Gasteiger partial charge in [0.25, 0.3) is 0 Å². The molecule has 1 heterocycles. The summed E-state index contributed by atoms with van der Waals surface area (Å²) >= 11 is 4.97. The van der Waals surface area contributed by atoms with Crippen LogP contribution < -0.4 is 10.0 Å². The van der Waals surface area contributed by atoms with Crippen LogP contribution in [0.1, 0.15) is 12.2 Å². The van der Waals surface area contributed by atoms with Gasteiger partial charge < -0.3 is 9.88 Å². The van der Waals surface area contributed by atoms with Crippen LogP contribution >= 0.6 is 12.2 Å². The zero-order valence-corrected chi connectivity index (χ0v) is 15.4. The van der Waals surface area contributed by atoms with E-state index in [1.165, 1.54) is 0 Å². The summed E-state index contributed by atoms with van der Waals surface area (Å²) in [5, 5.41) is 9.25. The van der Waals surface area contributed by atoms with Crippen LogP contribution in [0.25, 0.3) is 0 Å². The van der Waals surface area contributed by atoms with Gasteiger partial charge in [-0.2, -0.15) is 5.10 Å². The Morgan fingerprint density at radius 1 is 1.31 bits per heavy atom. The van der Waals surface area contributed by atoms with Crippen molar-refractivity contribution in [3.8, 4) is 0 Å². The van der Waals surface area contributed by atoms with Crippen molar-refractivity contribution in [1.82, 2.24) is 24.8 Å². The average Bonchev–Trinajstić information content (AvgIpc) is 2.89. The molecule has 0 fully saturated rings. The average molecular weight is 405 g/mol. The van der Waals surface area contributed by atoms with E-state index in [4.69, 9.17) is 12.2 Å². The first-order valence-electron chi connectivity index (χ1n) is 7.52. The highest BCUT2D eigenvalue weighted by molar-refractivity contribution is 7.89. The van der Waals surface area contributed by atoms with Crippen molar-refractivity contribution >= 4 is 28.1 Å². The SMILES string of the molecule is Cn1c(CCNC(=O)CCNS(=O)(=O)c2ccc(F)c(F)c2)n[nH]c1=S. The van der Waals surface area contributed by atoms with Crippen LogP contribution in [0.4, 0.5) is 8.78 Å². The number of nitrogens with one attached hydrogen (secondary N) is 3. The molecule has 0 bridgehead atoms. The quantitative estimate of drug-likeness (QED) is 0.563. The second-order valence-corrected chi connectivity index (χ2v) is 7.48. The fourth-order valence-corrected chi connectivity index (χ4v) is 3.23. The molecular formula is C14H17F2N5O3S2. The molecule has 0 aliphatic heterocycles. The maximum absolute atomic E-state index is 13.1. The first-order valence-corrected chi connectivity index (χ1v) is 9.41. The lowest BCUT2D eigenvalue weighted by atomic mass is 10.3. The minimum Gasteiger partial charge on any atom is -0.356 e. The maximum Gasteiger partial charge on any atom is 0.240 e. The summed E-state index contributed by atoms with van der Waals surface area (Å²) in [4.78, 5) is 11.3. The molecule has 0 aliphatic carbocycles. The second-order valence-electron chi connectivity index (χ2n) is 5.33. The Morgan fingerprint density at radius 3 is 2.65 bits per heavy atom. The minimum absolute atomic E-state index is 0.109. The van der Waals surface area contributed by atoms with Gasteiger partial charge in [-0.15, -0.1) is 0 Å². The van der Waals surface area contributed by atoms with Crippen LogP contribution in [-0.2, 0) is 28.3 Å². The molecule has 142 valence electrons. The van der Waals surface area contributed by atoms with Crippen molar-refractivity contribution in [3.05, 3.63) is 40.4 Å². The summed E-state index contributed by atoms with van der Waals surface area (Å²) < 4.78 is 54.2. The number of sulfonamides is 1. The molecule has 1 aromatic carbocycles. The number of halogens is 2. The molecule has 26 heavy (non-hydrogen) atoms. The third kappa shape index (κ3) is 5.16. The second kappa shape index (κ2) is 8.47. The van der Waals surface area contributed by atoms with E-state index in [2.05, 4.69) is 20.2 Å². The molecule has 2 rings (SSSR count). The highest BCUT2D eigenvalue weighted by Gasteiger charge is 2.16. The van der Waals surface area contributed by atoms with Gasteiger partial charge in [0.15, 0.2) is 16.4 Å². The monoisotopic (exact) mass is 405 g/mol. The van der Waals surface area contributed by atoms with E-state index in [0.717, 1.165) is 12.1 Å². The highest BCUT2D eigenvalue weighted by atomic mass is 32.2. The number of carbonyl (C=O) groups excluding carboxylic acids is 1. The molecule has 0 unspecified atom stereocenters. The Kier molecular flexibility index (Phi) is 6.56. The maximum atomic E-state index is 13.1. The number of carbonyl (C=O) groups is 1. The standard InChI is InChI=1S/C14H17F2N5O3S2/c1-21-12(19-20-14(21)25)4-6-17-13(22)5-7-18-26(23,24)9-2-3-10(15)11(16)8-9/h2-3,8,18H,4-7H2,1H3,(H,17,22)(H,20,25). The largest absolute Gasteiger partial charge is 0.356 e. The predicted octanol–water partition coefficient (Wildman–Crippen LogP) is 0.783. The summed E-state index contributed by atoms with van der Waals surface area (Å²) in [6, 6.07) is 2.24. The van der Waals surface area contributed by atoms with Crippen LogP contribution in [0.3, 0.4) is 0 Å². The Morgan fingerprint density at radius 2 is 2.04 bits per heavy atom. The minimum atomic E-state index is -4.03. The highest BCUT2D eigenvalue weighted by Crippen LogP contribution is 2.13. The van der Waals surface area contributed by atoms with Crippen molar-refractivity contribution in [1.29, 1.82) is 0 Å². The van der Waals surface area contributed by atoms with Crippen molar-refractivity contribution in [2.75, 3.05) is 13.1 Å². The number of amides is 1. The van der Waals surface area contributed by atoms with Gasteiger partial charge in [-0.1, -0.05) is 0 Å². The van der Waals surface area contributed by atoms with Crippen LogP contribution in [0.2, 0.25) is 0 Å². The van der Waals surface area contributed by atoms with Crippen LogP contribution in [-0.4, -0.2) is 42.2 Å². The van der Waals surface area contributed by atoms with Gasteiger partial charge in [0.1, 0.15) is 5.82 Å². The first-order chi connectivity index (χ1) is 12.2. The number of hydrogen-bond acceptors (Lipinski definition) is 5. The lowest BCUT2D eigenvalue weighted by Gasteiger charge is -2.08. The van der Waals surface area contributed by atoms with E-state index in [9.17, 15) is 22.0 Å².